The molecule has 0 bridgehead atoms. The molecule has 1 saturated carbocycles. The topological polar surface area (TPSA) is 95.8 Å². The van der Waals surface area contributed by atoms with Gasteiger partial charge in [0.25, 0.3) is 11.6 Å². The number of carbonyl (C=O) groups excluding carboxylic acids is 2. The number of piperazine rings is 1. The van der Waals surface area contributed by atoms with E-state index in [9.17, 15) is 32.9 Å². The lowest BCUT2D eigenvalue weighted by molar-refractivity contribution is -0.384. The first-order valence-electron chi connectivity index (χ1n) is 10.2. The van der Waals surface area contributed by atoms with Crippen LogP contribution in [0.2, 0.25) is 0 Å². The quantitative estimate of drug-likeness (QED) is 0.571. The summed E-state index contributed by atoms with van der Waals surface area (Å²) < 4.78 is 39.0. The zero-order chi connectivity index (χ0) is 22.8. The monoisotopic (exact) mass is 442 g/mol. The van der Waals surface area contributed by atoms with Crippen molar-refractivity contribution in [1.82, 2.24) is 10.2 Å². The molecule has 1 aromatic carbocycles. The summed E-state index contributed by atoms with van der Waals surface area (Å²) in [6, 6.07) is 3.47. The number of nitrogens with zero attached hydrogens (tertiary/aromatic N) is 3. The van der Waals surface area contributed by atoms with Gasteiger partial charge in [-0.25, -0.2) is 0 Å². The molecule has 0 radical (unpaired) electrons. The lowest BCUT2D eigenvalue weighted by Gasteiger charge is -2.35. The van der Waals surface area contributed by atoms with Crippen LogP contribution in [0.25, 0.3) is 0 Å². The molecular formula is C20H25F3N4O4. The number of carbonyl (C=O) groups is 2. The minimum Gasteiger partial charge on any atom is -0.362 e. The molecule has 11 heteroatoms. The van der Waals surface area contributed by atoms with E-state index in [4.69, 9.17) is 0 Å². The summed E-state index contributed by atoms with van der Waals surface area (Å²) in [4.78, 5) is 38.5. The largest absolute Gasteiger partial charge is 0.391 e. The summed E-state index contributed by atoms with van der Waals surface area (Å²) in [6.45, 7) is 3.20. The van der Waals surface area contributed by atoms with Crippen molar-refractivity contribution in [3.05, 3.63) is 33.9 Å². The highest BCUT2D eigenvalue weighted by Crippen LogP contribution is 2.37. The summed E-state index contributed by atoms with van der Waals surface area (Å²) in [5.74, 6) is -2.13. The number of halogens is 3. The van der Waals surface area contributed by atoms with E-state index in [1.165, 1.54) is 19.1 Å². The Morgan fingerprint density at radius 2 is 1.84 bits per heavy atom. The molecule has 1 aliphatic carbocycles. The van der Waals surface area contributed by atoms with Crippen molar-refractivity contribution in [1.29, 1.82) is 0 Å². The van der Waals surface area contributed by atoms with Crippen LogP contribution in [0.1, 0.15) is 43.0 Å². The number of hydrogen-bond donors (Lipinski definition) is 1. The summed E-state index contributed by atoms with van der Waals surface area (Å²) in [5.41, 5.74) is 0.132. The molecule has 1 aromatic rings. The number of nitro groups is 1. The second kappa shape index (κ2) is 9.11. The smallest absolute Gasteiger partial charge is 0.362 e. The molecule has 3 rings (SSSR count). The molecule has 2 atom stereocenters. The van der Waals surface area contributed by atoms with Crippen LogP contribution >= 0.6 is 0 Å². The minimum atomic E-state index is -4.30. The Hall–Kier alpha value is -2.85. The number of anilines is 1. The molecule has 1 heterocycles. The fraction of sp³-hybridized carbons (Fsp3) is 0.600. The predicted molar refractivity (Wildman–Crippen MR) is 107 cm³/mol. The zero-order valence-electron chi connectivity index (χ0n) is 17.2. The van der Waals surface area contributed by atoms with Gasteiger partial charge in [0.15, 0.2) is 0 Å². The van der Waals surface area contributed by atoms with Crippen LogP contribution < -0.4 is 10.2 Å². The van der Waals surface area contributed by atoms with Gasteiger partial charge in [0.05, 0.1) is 10.8 Å². The molecule has 2 aliphatic rings. The minimum absolute atomic E-state index is 0.0342. The normalized spacial score (nSPS) is 22.2. The fourth-order valence-electron chi connectivity index (χ4n) is 4.23. The van der Waals surface area contributed by atoms with E-state index in [0.29, 0.717) is 44.7 Å². The molecule has 1 aliphatic heterocycles. The van der Waals surface area contributed by atoms with E-state index >= 15 is 0 Å². The number of alkyl halides is 3. The number of nitrogens with one attached hydrogen (secondary N) is 1. The summed E-state index contributed by atoms with van der Waals surface area (Å²) in [5, 5.41) is 14.2. The number of nitro benzene ring substituents is 1. The maximum Gasteiger partial charge on any atom is 0.391 e. The van der Waals surface area contributed by atoms with Crippen LogP contribution in [-0.2, 0) is 4.79 Å². The number of hydrogen-bond acceptors (Lipinski definition) is 5. The first-order chi connectivity index (χ1) is 14.6. The van der Waals surface area contributed by atoms with Gasteiger partial charge in [-0.05, 0) is 31.4 Å². The molecule has 1 saturated heterocycles. The van der Waals surface area contributed by atoms with Gasteiger partial charge in [-0.1, -0.05) is 6.42 Å². The SMILES string of the molecule is CC(=O)N1CCN(c2ccc(C(=O)NC3CCCC(C(F)(F)F)C3)cc2[N+](=O)[O-])CC1. The second-order valence-electron chi connectivity index (χ2n) is 8.03. The Balaban J connectivity index is 1.71. The molecule has 0 aromatic heterocycles. The Bertz CT molecular complexity index is 853. The van der Waals surface area contributed by atoms with Gasteiger partial charge >= 0.3 is 6.18 Å². The van der Waals surface area contributed by atoms with Crippen molar-refractivity contribution in [2.75, 3.05) is 31.1 Å². The molecule has 31 heavy (non-hydrogen) atoms. The van der Waals surface area contributed by atoms with Crippen molar-refractivity contribution >= 4 is 23.2 Å². The third-order valence-corrected chi connectivity index (χ3v) is 5.97. The average molecular weight is 442 g/mol. The van der Waals surface area contributed by atoms with Gasteiger partial charge in [-0.3, -0.25) is 19.7 Å². The van der Waals surface area contributed by atoms with Crippen LogP contribution in [0.15, 0.2) is 18.2 Å². The summed E-state index contributed by atoms with van der Waals surface area (Å²) in [6.07, 6.45) is -3.63. The first kappa shape index (κ1) is 22.8. The molecule has 8 nitrogen and oxygen atoms in total. The molecule has 0 spiro atoms. The third-order valence-electron chi connectivity index (χ3n) is 5.97. The average Bonchev–Trinajstić information content (AvgIpc) is 2.73. The van der Waals surface area contributed by atoms with E-state index in [2.05, 4.69) is 5.32 Å². The Morgan fingerprint density at radius 1 is 1.16 bits per heavy atom. The van der Waals surface area contributed by atoms with Crippen molar-refractivity contribution < 1.29 is 27.7 Å². The standard InChI is InChI=1S/C20H25F3N4O4/c1-13(28)25-7-9-26(10-8-25)17-6-5-14(11-18(17)27(30)31)19(29)24-16-4-2-3-15(12-16)20(21,22)23/h5-6,11,15-16H,2-4,7-10,12H2,1H3,(H,24,29). The van der Waals surface area contributed by atoms with Crippen LogP contribution in [-0.4, -0.2) is 60.0 Å². The van der Waals surface area contributed by atoms with Crippen LogP contribution in [0.4, 0.5) is 24.5 Å². The van der Waals surface area contributed by atoms with Crippen molar-refractivity contribution in [2.45, 2.75) is 44.8 Å². The lowest BCUT2D eigenvalue weighted by atomic mass is 9.85. The highest BCUT2D eigenvalue weighted by Gasteiger charge is 2.42. The zero-order valence-corrected chi connectivity index (χ0v) is 17.2. The van der Waals surface area contributed by atoms with Gasteiger partial charge in [0, 0.05) is 50.8 Å². The molecule has 2 amide bonds. The molecule has 2 fully saturated rings. The third kappa shape index (κ3) is 5.45. The van der Waals surface area contributed by atoms with Crippen LogP contribution in [0.5, 0.6) is 0 Å². The lowest BCUT2D eigenvalue weighted by Crippen LogP contribution is -2.48. The highest BCUT2D eigenvalue weighted by atomic mass is 19.4. The van der Waals surface area contributed by atoms with Gasteiger partial charge in [0.2, 0.25) is 5.91 Å². The maximum atomic E-state index is 13.0. The van der Waals surface area contributed by atoms with Crippen molar-refractivity contribution in [2.24, 2.45) is 5.92 Å². The van der Waals surface area contributed by atoms with E-state index in [0.717, 1.165) is 6.07 Å². The second-order valence-corrected chi connectivity index (χ2v) is 8.03. The summed E-state index contributed by atoms with van der Waals surface area (Å²) in [7, 11) is 0. The predicted octanol–water partition coefficient (Wildman–Crippen LogP) is 3.11. The number of amides is 2. The van der Waals surface area contributed by atoms with Crippen molar-refractivity contribution in [3.8, 4) is 0 Å². The van der Waals surface area contributed by atoms with E-state index in [-0.39, 0.29) is 30.0 Å². The Morgan fingerprint density at radius 3 is 2.42 bits per heavy atom. The first-order valence-corrected chi connectivity index (χ1v) is 10.2. The van der Waals surface area contributed by atoms with Gasteiger partial charge in [-0.15, -0.1) is 0 Å². The summed E-state index contributed by atoms with van der Waals surface area (Å²) >= 11 is 0. The molecule has 170 valence electrons. The molecular weight excluding hydrogens is 417 g/mol. The van der Waals surface area contributed by atoms with Gasteiger partial charge < -0.3 is 15.1 Å². The van der Waals surface area contributed by atoms with Gasteiger partial charge in [0.1, 0.15) is 5.69 Å². The number of rotatable bonds is 4. The van der Waals surface area contributed by atoms with Crippen molar-refractivity contribution in [3.63, 3.8) is 0 Å². The molecule has 1 N–H and O–H groups in total. The fourth-order valence-corrected chi connectivity index (χ4v) is 4.23. The Labute approximate surface area is 177 Å². The van der Waals surface area contributed by atoms with Crippen LogP contribution in [0, 0.1) is 16.0 Å². The van der Waals surface area contributed by atoms with Gasteiger partial charge in [-0.2, -0.15) is 13.2 Å². The molecule has 2 unspecified atom stereocenters. The Kier molecular flexibility index (Phi) is 6.71. The van der Waals surface area contributed by atoms with E-state index in [1.807, 2.05) is 0 Å². The maximum absolute atomic E-state index is 13.0. The van der Waals surface area contributed by atoms with Crippen LogP contribution in [0.3, 0.4) is 0 Å². The highest BCUT2D eigenvalue weighted by molar-refractivity contribution is 5.96. The van der Waals surface area contributed by atoms with E-state index in [1.54, 1.807) is 9.80 Å². The van der Waals surface area contributed by atoms with E-state index < -0.39 is 29.0 Å². The number of benzene rings is 1.